The molecule has 0 atom stereocenters. The quantitative estimate of drug-likeness (QED) is 0.557. The molecule has 0 amide bonds. The summed E-state index contributed by atoms with van der Waals surface area (Å²) < 4.78 is 7.06. The molecule has 2 aliphatic carbocycles. The minimum atomic E-state index is -1.93. The first kappa shape index (κ1) is 13.8. The predicted octanol–water partition coefficient (Wildman–Crippen LogP) is 6.02. The first-order valence-electron chi connectivity index (χ1n) is 8.08. The molecular formula is C18H26Zr. The van der Waals surface area contributed by atoms with Gasteiger partial charge in [-0.2, -0.15) is 0 Å². The summed E-state index contributed by atoms with van der Waals surface area (Å²) in [6, 6.07) is 0. The average molecular weight is 334 g/mol. The Morgan fingerprint density at radius 1 is 1.05 bits per heavy atom. The Labute approximate surface area is 122 Å². The van der Waals surface area contributed by atoms with Crippen molar-refractivity contribution >= 4 is 0 Å². The van der Waals surface area contributed by atoms with E-state index in [4.69, 9.17) is 0 Å². The molecule has 19 heavy (non-hydrogen) atoms. The molecule has 1 heterocycles. The molecule has 1 saturated heterocycles. The third-order valence-electron chi connectivity index (χ3n) is 5.03. The third-order valence-corrected chi connectivity index (χ3v) is 16.5. The van der Waals surface area contributed by atoms with Crippen LogP contribution in [0.5, 0.6) is 0 Å². The van der Waals surface area contributed by atoms with Crippen molar-refractivity contribution in [3.63, 3.8) is 0 Å². The van der Waals surface area contributed by atoms with E-state index in [9.17, 15) is 0 Å². The van der Waals surface area contributed by atoms with E-state index in [1.54, 1.807) is 19.4 Å². The normalized spacial score (nSPS) is 23.9. The van der Waals surface area contributed by atoms with Gasteiger partial charge in [-0.3, -0.25) is 0 Å². The minimum absolute atomic E-state index is 1.29. The van der Waals surface area contributed by atoms with Gasteiger partial charge >= 0.3 is 123 Å². The fraction of sp³-hybridized carbons (Fsp3) is 0.556. The van der Waals surface area contributed by atoms with Gasteiger partial charge in [0.25, 0.3) is 0 Å². The van der Waals surface area contributed by atoms with Crippen molar-refractivity contribution in [3.05, 3.63) is 42.0 Å². The van der Waals surface area contributed by atoms with Crippen molar-refractivity contribution in [3.8, 4) is 0 Å². The zero-order valence-electron chi connectivity index (χ0n) is 12.5. The number of hydrogen-bond donors (Lipinski definition) is 0. The van der Waals surface area contributed by atoms with E-state index >= 15 is 0 Å². The second kappa shape index (κ2) is 5.68. The molecule has 0 radical (unpaired) electrons. The molecule has 0 N–H and O–H groups in total. The second-order valence-electron chi connectivity index (χ2n) is 6.38. The van der Waals surface area contributed by atoms with E-state index in [0.717, 1.165) is 0 Å². The van der Waals surface area contributed by atoms with E-state index in [0.29, 0.717) is 0 Å². The summed E-state index contributed by atoms with van der Waals surface area (Å²) >= 11 is -1.93. The van der Waals surface area contributed by atoms with E-state index in [1.807, 2.05) is 6.56 Å². The third kappa shape index (κ3) is 2.56. The van der Waals surface area contributed by atoms with E-state index < -0.39 is 20.3 Å². The zero-order chi connectivity index (χ0) is 13.3. The molecule has 1 fully saturated rings. The van der Waals surface area contributed by atoms with Crippen molar-refractivity contribution in [2.75, 3.05) is 0 Å². The van der Waals surface area contributed by atoms with Crippen molar-refractivity contribution in [2.45, 2.75) is 60.6 Å². The molecule has 0 aromatic carbocycles. The van der Waals surface area contributed by atoms with Crippen molar-refractivity contribution in [1.82, 2.24) is 0 Å². The molecule has 3 rings (SSSR count). The van der Waals surface area contributed by atoms with Crippen LogP contribution >= 0.6 is 0 Å². The van der Waals surface area contributed by atoms with Crippen LogP contribution in [0, 0.1) is 0 Å². The first-order chi connectivity index (χ1) is 9.30. The molecule has 3 aliphatic rings. The summed E-state index contributed by atoms with van der Waals surface area (Å²) in [5.41, 5.74) is 3.53. The van der Waals surface area contributed by atoms with Crippen molar-refractivity contribution in [2.24, 2.45) is 0 Å². The van der Waals surface area contributed by atoms with Crippen LogP contribution in [0.3, 0.4) is 0 Å². The summed E-state index contributed by atoms with van der Waals surface area (Å²) in [4.78, 5) is 0. The predicted molar refractivity (Wildman–Crippen MR) is 81.0 cm³/mol. The fourth-order valence-electron chi connectivity index (χ4n) is 3.86. The SMILES string of the molecule is CCCC1=C(CCC)C[C]([Zr]2([C]3=CC=CC3)[CH2][CH2]2)=C1. The molecule has 0 spiro atoms. The number of rotatable bonds is 6. The van der Waals surface area contributed by atoms with Crippen molar-refractivity contribution in [1.29, 1.82) is 0 Å². The average Bonchev–Trinajstić information content (AvgIpc) is 2.87. The van der Waals surface area contributed by atoms with Gasteiger partial charge in [0.2, 0.25) is 0 Å². The molecule has 102 valence electrons. The van der Waals surface area contributed by atoms with E-state index in [1.165, 1.54) is 38.5 Å². The molecule has 0 aromatic rings. The standard InChI is InChI=1S/C11H17.C5H5.C2H4.Zr/c1-3-6-10-8-5-9-11(10)7-4-2;1-2-4-5-3-1;1-2;/h8H,3-4,6-7,9H2,1-2H3;1-3H,4H2;1-2H2;. The maximum absolute atomic E-state index is 2.68. The van der Waals surface area contributed by atoms with Crippen LogP contribution in [0.2, 0.25) is 8.26 Å². The Morgan fingerprint density at radius 3 is 2.42 bits per heavy atom. The Bertz CT molecular complexity index is 484. The van der Waals surface area contributed by atoms with Gasteiger partial charge in [-0.25, -0.2) is 0 Å². The maximum atomic E-state index is 2.68. The van der Waals surface area contributed by atoms with Crippen LogP contribution in [0.4, 0.5) is 0 Å². The van der Waals surface area contributed by atoms with Crippen molar-refractivity contribution < 1.29 is 20.3 Å². The summed E-state index contributed by atoms with van der Waals surface area (Å²) in [5.74, 6) is 0. The Hall–Kier alpha value is -0.157. The molecule has 1 aliphatic heterocycles. The Balaban J connectivity index is 1.79. The molecule has 0 unspecified atom stereocenters. The van der Waals surface area contributed by atoms with Gasteiger partial charge in [0, 0.05) is 0 Å². The summed E-state index contributed by atoms with van der Waals surface area (Å²) in [6.45, 7) is 4.65. The van der Waals surface area contributed by atoms with Crippen LogP contribution in [-0.2, 0) is 20.3 Å². The molecule has 1 heteroatoms. The number of allylic oxidation sites excluding steroid dienone is 8. The zero-order valence-corrected chi connectivity index (χ0v) is 14.9. The van der Waals surface area contributed by atoms with Gasteiger partial charge < -0.3 is 0 Å². The second-order valence-corrected chi connectivity index (χ2v) is 17.3. The van der Waals surface area contributed by atoms with Crippen LogP contribution in [0.15, 0.2) is 42.0 Å². The van der Waals surface area contributed by atoms with Crippen LogP contribution in [0.25, 0.3) is 0 Å². The van der Waals surface area contributed by atoms with E-state index in [-0.39, 0.29) is 0 Å². The molecular weight excluding hydrogens is 307 g/mol. The van der Waals surface area contributed by atoms with Crippen LogP contribution < -0.4 is 0 Å². The van der Waals surface area contributed by atoms with Gasteiger partial charge in [0.05, 0.1) is 0 Å². The van der Waals surface area contributed by atoms with Gasteiger partial charge in [-0.05, 0) is 0 Å². The van der Waals surface area contributed by atoms with Gasteiger partial charge in [0.1, 0.15) is 0 Å². The van der Waals surface area contributed by atoms with Gasteiger partial charge in [0.15, 0.2) is 0 Å². The number of hydrogen-bond acceptors (Lipinski definition) is 0. The van der Waals surface area contributed by atoms with Gasteiger partial charge in [-0.1, -0.05) is 0 Å². The summed E-state index contributed by atoms with van der Waals surface area (Å²) in [7, 11) is 0. The molecule has 0 bridgehead atoms. The van der Waals surface area contributed by atoms with Crippen LogP contribution in [0.1, 0.15) is 52.4 Å². The fourth-order valence-corrected chi connectivity index (χ4v) is 17.0. The molecule has 0 nitrogen and oxygen atoms in total. The molecule has 0 aromatic heterocycles. The topological polar surface area (TPSA) is 0 Å². The molecule has 0 saturated carbocycles. The van der Waals surface area contributed by atoms with Gasteiger partial charge in [-0.15, -0.1) is 0 Å². The monoisotopic (exact) mass is 332 g/mol. The van der Waals surface area contributed by atoms with Crippen LogP contribution in [-0.4, -0.2) is 0 Å². The summed E-state index contributed by atoms with van der Waals surface area (Å²) in [5, 5.41) is 0. The Morgan fingerprint density at radius 2 is 1.84 bits per heavy atom. The Kier molecular flexibility index (Phi) is 4.13. The first-order valence-corrected chi connectivity index (χ1v) is 14.0. The summed E-state index contributed by atoms with van der Waals surface area (Å²) in [6.07, 6.45) is 17.8. The van der Waals surface area contributed by atoms with E-state index in [2.05, 4.69) is 38.2 Å².